The first-order chi connectivity index (χ1) is 12.4. The molecular formula is C21H32N2S2. The molecule has 1 aromatic heterocycles. The summed E-state index contributed by atoms with van der Waals surface area (Å²) >= 11 is 4.21. The van der Waals surface area contributed by atoms with Crippen molar-refractivity contribution in [3.05, 3.63) is 54.6 Å². The summed E-state index contributed by atoms with van der Waals surface area (Å²) in [5, 5.41) is 0.638. The average molecular weight is 377 g/mol. The predicted molar refractivity (Wildman–Crippen MR) is 114 cm³/mol. The van der Waals surface area contributed by atoms with Gasteiger partial charge in [-0.1, -0.05) is 69.4 Å². The maximum absolute atomic E-state index is 4.19. The van der Waals surface area contributed by atoms with Crippen LogP contribution in [0, 0.1) is 0 Å². The number of benzene rings is 1. The van der Waals surface area contributed by atoms with Crippen molar-refractivity contribution in [2.24, 2.45) is 0 Å². The molecule has 4 heteroatoms. The smallest absolute Gasteiger partial charge is 0.0946 e. The lowest BCUT2D eigenvalue weighted by molar-refractivity contribution is 0.626. The molecule has 0 spiro atoms. The van der Waals surface area contributed by atoms with Gasteiger partial charge in [-0.2, -0.15) is 23.5 Å². The number of rotatable bonds is 14. The van der Waals surface area contributed by atoms with E-state index in [4.69, 9.17) is 0 Å². The minimum Gasteiger partial charge on any atom is -0.336 e. The van der Waals surface area contributed by atoms with Gasteiger partial charge in [0.1, 0.15) is 0 Å². The zero-order chi connectivity index (χ0) is 17.6. The van der Waals surface area contributed by atoms with E-state index in [9.17, 15) is 0 Å². The minimum atomic E-state index is 0.638. The highest BCUT2D eigenvalue weighted by molar-refractivity contribution is 8.02. The van der Waals surface area contributed by atoms with Gasteiger partial charge < -0.3 is 4.57 Å². The van der Waals surface area contributed by atoms with Crippen molar-refractivity contribution in [1.29, 1.82) is 0 Å². The SMILES string of the molecule is CCCCCCCCSCC(Cn1ccnc1)SCc1ccccc1. The molecule has 2 aromatic rings. The Morgan fingerprint density at radius 2 is 1.84 bits per heavy atom. The van der Waals surface area contributed by atoms with Crippen LogP contribution in [0.4, 0.5) is 0 Å². The second-order valence-corrected chi connectivity index (χ2v) is 8.96. The monoisotopic (exact) mass is 376 g/mol. The molecule has 0 saturated heterocycles. The molecule has 0 radical (unpaired) electrons. The van der Waals surface area contributed by atoms with E-state index in [1.54, 1.807) is 0 Å². The number of hydrogen-bond acceptors (Lipinski definition) is 3. The van der Waals surface area contributed by atoms with E-state index in [2.05, 4.69) is 76.5 Å². The lowest BCUT2D eigenvalue weighted by Crippen LogP contribution is -2.15. The van der Waals surface area contributed by atoms with E-state index in [1.165, 1.54) is 55.6 Å². The van der Waals surface area contributed by atoms with Gasteiger partial charge in [0, 0.05) is 35.7 Å². The van der Waals surface area contributed by atoms with Crippen molar-refractivity contribution in [2.75, 3.05) is 11.5 Å². The van der Waals surface area contributed by atoms with Crippen LogP contribution >= 0.6 is 23.5 Å². The standard InChI is InChI=1S/C21H32N2S2/c1-2-3-4-5-6-10-15-24-18-21(16-23-14-13-22-19-23)25-17-20-11-8-7-9-12-20/h7-9,11-14,19,21H,2-6,10,15-18H2,1H3. The van der Waals surface area contributed by atoms with E-state index in [0.29, 0.717) is 5.25 Å². The zero-order valence-corrected chi connectivity index (χ0v) is 17.1. The predicted octanol–water partition coefficient (Wildman–Crippen LogP) is 6.28. The van der Waals surface area contributed by atoms with Gasteiger partial charge in [-0.3, -0.25) is 0 Å². The van der Waals surface area contributed by atoms with Gasteiger partial charge in [-0.05, 0) is 17.7 Å². The highest BCUT2D eigenvalue weighted by atomic mass is 32.2. The molecule has 2 nitrogen and oxygen atoms in total. The molecule has 0 aliphatic carbocycles. The number of nitrogens with zero attached hydrogens (tertiary/aromatic N) is 2. The van der Waals surface area contributed by atoms with Crippen LogP contribution in [-0.4, -0.2) is 26.3 Å². The first-order valence-corrected chi connectivity index (χ1v) is 11.8. The molecule has 1 unspecified atom stereocenters. The lowest BCUT2D eigenvalue weighted by Gasteiger charge is -2.17. The van der Waals surface area contributed by atoms with Gasteiger partial charge in [0.05, 0.1) is 6.33 Å². The third-order valence-corrected chi connectivity index (χ3v) is 6.96. The number of unbranched alkanes of at least 4 members (excludes halogenated alkanes) is 5. The summed E-state index contributed by atoms with van der Waals surface area (Å²) in [6, 6.07) is 10.8. The summed E-state index contributed by atoms with van der Waals surface area (Å²) in [5.41, 5.74) is 1.42. The van der Waals surface area contributed by atoms with E-state index >= 15 is 0 Å². The van der Waals surface area contributed by atoms with Crippen molar-refractivity contribution < 1.29 is 0 Å². The van der Waals surface area contributed by atoms with Crippen LogP contribution in [0.15, 0.2) is 49.1 Å². The fraction of sp³-hybridized carbons (Fsp3) is 0.571. The molecule has 0 bridgehead atoms. The molecule has 0 fully saturated rings. The largest absolute Gasteiger partial charge is 0.336 e. The second-order valence-electron chi connectivity index (χ2n) is 6.52. The van der Waals surface area contributed by atoms with Gasteiger partial charge in [0.2, 0.25) is 0 Å². The topological polar surface area (TPSA) is 17.8 Å². The fourth-order valence-corrected chi connectivity index (χ4v) is 5.29. The van der Waals surface area contributed by atoms with E-state index in [0.717, 1.165) is 12.3 Å². The Morgan fingerprint density at radius 3 is 2.60 bits per heavy atom. The Balaban J connectivity index is 1.67. The fourth-order valence-electron chi connectivity index (χ4n) is 2.77. The summed E-state index contributed by atoms with van der Waals surface area (Å²) in [6.07, 6.45) is 14.2. The molecule has 0 aliphatic heterocycles. The molecule has 1 heterocycles. The van der Waals surface area contributed by atoms with Gasteiger partial charge in [0.25, 0.3) is 0 Å². The van der Waals surface area contributed by atoms with E-state index < -0.39 is 0 Å². The molecule has 0 amide bonds. The summed E-state index contributed by atoms with van der Waals surface area (Å²) < 4.78 is 2.22. The van der Waals surface area contributed by atoms with Crippen LogP contribution in [-0.2, 0) is 12.3 Å². The Morgan fingerprint density at radius 1 is 1.04 bits per heavy atom. The highest BCUT2D eigenvalue weighted by Gasteiger charge is 2.11. The van der Waals surface area contributed by atoms with Gasteiger partial charge in [-0.25, -0.2) is 4.98 Å². The quantitative estimate of drug-likeness (QED) is 0.361. The Kier molecular flexibility index (Phi) is 10.9. The summed E-state index contributed by atoms with van der Waals surface area (Å²) in [6.45, 7) is 3.34. The normalized spacial score (nSPS) is 12.4. The van der Waals surface area contributed by atoms with Crippen LogP contribution in [0.3, 0.4) is 0 Å². The molecule has 0 saturated carbocycles. The average Bonchev–Trinajstić information content (AvgIpc) is 3.15. The molecule has 0 aliphatic rings. The lowest BCUT2D eigenvalue weighted by atomic mass is 10.1. The van der Waals surface area contributed by atoms with Crippen molar-refractivity contribution in [1.82, 2.24) is 9.55 Å². The molecule has 1 atom stereocenters. The number of hydrogen-bond donors (Lipinski definition) is 0. The van der Waals surface area contributed by atoms with Crippen molar-refractivity contribution in [3.63, 3.8) is 0 Å². The number of aromatic nitrogens is 2. The molecule has 138 valence electrons. The minimum absolute atomic E-state index is 0.638. The van der Waals surface area contributed by atoms with Crippen molar-refractivity contribution in [3.8, 4) is 0 Å². The van der Waals surface area contributed by atoms with Crippen molar-refractivity contribution in [2.45, 2.75) is 63.0 Å². The van der Waals surface area contributed by atoms with Gasteiger partial charge >= 0.3 is 0 Å². The number of thioether (sulfide) groups is 2. The van der Waals surface area contributed by atoms with Crippen LogP contribution in [0.2, 0.25) is 0 Å². The molecular weight excluding hydrogens is 344 g/mol. The van der Waals surface area contributed by atoms with E-state index in [1.807, 2.05) is 12.5 Å². The van der Waals surface area contributed by atoms with Crippen LogP contribution < -0.4 is 0 Å². The third-order valence-electron chi connectivity index (χ3n) is 4.25. The molecule has 25 heavy (non-hydrogen) atoms. The van der Waals surface area contributed by atoms with Crippen molar-refractivity contribution >= 4 is 23.5 Å². The Hall–Kier alpha value is -0.870. The molecule has 0 N–H and O–H groups in total. The molecule has 2 rings (SSSR count). The van der Waals surface area contributed by atoms with Crippen LogP contribution in [0.5, 0.6) is 0 Å². The Labute approximate surface area is 162 Å². The van der Waals surface area contributed by atoms with Gasteiger partial charge in [0.15, 0.2) is 0 Å². The molecule has 1 aromatic carbocycles. The summed E-state index contributed by atoms with van der Waals surface area (Å²) in [7, 11) is 0. The highest BCUT2D eigenvalue weighted by Crippen LogP contribution is 2.23. The van der Waals surface area contributed by atoms with Gasteiger partial charge in [-0.15, -0.1) is 0 Å². The van der Waals surface area contributed by atoms with E-state index in [-0.39, 0.29) is 0 Å². The van der Waals surface area contributed by atoms with Crippen LogP contribution in [0.25, 0.3) is 0 Å². The Bertz CT molecular complexity index is 528. The maximum Gasteiger partial charge on any atom is 0.0946 e. The maximum atomic E-state index is 4.19. The third kappa shape index (κ3) is 9.41. The summed E-state index contributed by atoms with van der Waals surface area (Å²) in [4.78, 5) is 4.19. The number of imidazole rings is 1. The first-order valence-electron chi connectivity index (χ1n) is 9.57. The summed E-state index contributed by atoms with van der Waals surface area (Å²) in [5.74, 6) is 3.63. The zero-order valence-electron chi connectivity index (χ0n) is 15.5. The second kappa shape index (κ2) is 13.3. The van der Waals surface area contributed by atoms with Crippen LogP contribution in [0.1, 0.15) is 51.0 Å². The first kappa shape index (κ1) is 20.4.